The van der Waals surface area contributed by atoms with Crippen LogP contribution in [0.1, 0.15) is 23.7 Å². The first-order valence-corrected chi connectivity index (χ1v) is 7.17. The van der Waals surface area contributed by atoms with Crippen LogP contribution in [0.5, 0.6) is 0 Å². The van der Waals surface area contributed by atoms with E-state index in [-0.39, 0.29) is 6.04 Å². The Morgan fingerprint density at radius 3 is 2.84 bits per heavy atom. The number of hydrogen-bond donors (Lipinski definition) is 1. The zero-order chi connectivity index (χ0) is 13.6. The van der Waals surface area contributed by atoms with Crippen LogP contribution < -0.4 is 5.73 Å². The summed E-state index contributed by atoms with van der Waals surface area (Å²) in [6, 6.07) is 5.65. The molecule has 0 radical (unpaired) electrons. The topological polar surface area (TPSA) is 56.7 Å². The molecule has 2 N–H and O–H groups in total. The molecule has 98 valence electrons. The number of nitrogens with zero attached hydrogens (tertiary/aromatic N) is 3. The fraction of sp³-hybridized carbons (Fsp3) is 0.231. The maximum atomic E-state index is 6.28. The lowest BCUT2D eigenvalue weighted by molar-refractivity contribution is 0.661. The second-order valence-electron chi connectivity index (χ2n) is 4.45. The lowest BCUT2D eigenvalue weighted by Crippen LogP contribution is -2.10. The maximum Gasteiger partial charge on any atom is 0.201 e. The van der Waals surface area contributed by atoms with Gasteiger partial charge >= 0.3 is 0 Å². The normalized spacial score (nSPS) is 13.0. The molecule has 0 saturated carbocycles. The number of aryl methyl sites for hydroxylation is 1. The molecule has 19 heavy (non-hydrogen) atoms. The number of para-hydroxylation sites is 1. The SMILES string of the molecule is Cc1csc(C(C)n2c(N)nc3cccc(Cl)c32)n1. The number of imidazole rings is 1. The summed E-state index contributed by atoms with van der Waals surface area (Å²) < 4.78 is 1.94. The Labute approximate surface area is 119 Å². The van der Waals surface area contributed by atoms with E-state index in [1.807, 2.05) is 35.1 Å². The van der Waals surface area contributed by atoms with Crippen LogP contribution in [0.15, 0.2) is 23.6 Å². The Bertz CT molecular complexity index is 746. The van der Waals surface area contributed by atoms with Crippen LogP contribution in [0.4, 0.5) is 5.95 Å². The second-order valence-corrected chi connectivity index (χ2v) is 5.75. The van der Waals surface area contributed by atoms with E-state index >= 15 is 0 Å². The zero-order valence-electron chi connectivity index (χ0n) is 10.6. The van der Waals surface area contributed by atoms with Gasteiger partial charge in [-0.05, 0) is 26.0 Å². The van der Waals surface area contributed by atoms with Gasteiger partial charge in [-0.3, -0.25) is 4.57 Å². The molecule has 0 fully saturated rings. The number of halogens is 1. The van der Waals surface area contributed by atoms with Gasteiger partial charge in [0.2, 0.25) is 5.95 Å². The first-order valence-electron chi connectivity index (χ1n) is 5.92. The van der Waals surface area contributed by atoms with E-state index in [1.54, 1.807) is 11.3 Å². The number of nitrogen functional groups attached to an aromatic ring is 1. The summed E-state index contributed by atoms with van der Waals surface area (Å²) >= 11 is 7.90. The Hall–Kier alpha value is -1.59. The summed E-state index contributed by atoms with van der Waals surface area (Å²) in [7, 11) is 0. The summed E-state index contributed by atoms with van der Waals surface area (Å²) in [5.41, 5.74) is 8.73. The largest absolute Gasteiger partial charge is 0.369 e. The quantitative estimate of drug-likeness (QED) is 0.784. The number of hydrogen-bond acceptors (Lipinski definition) is 4. The summed E-state index contributed by atoms with van der Waals surface area (Å²) in [6.07, 6.45) is 0. The van der Waals surface area contributed by atoms with Crippen molar-refractivity contribution in [2.24, 2.45) is 0 Å². The van der Waals surface area contributed by atoms with Gasteiger partial charge in [-0.25, -0.2) is 9.97 Å². The molecule has 0 saturated heterocycles. The van der Waals surface area contributed by atoms with Crippen LogP contribution in [0.25, 0.3) is 11.0 Å². The van der Waals surface area contributed by atoms with Gasteiger partial charge in [-0.1, -0.05) is 17.7 Å². The minimum atomic E-state index is 0.0172. The maximum absolute atomic E-state index is 6.28. The summed E-state index contributed by atoms with van der Waals surface area (Å²) in [4.78, 5) is 8.88. The number of anilines is 1. The van der Waals surface area contributed by atoms with E-state index in [1.165, 1.54) is 0 Å². The average molecular weight is 293 g/mol. The molecule has 0 aliphatic rings. The zero-order valence-corrected chi connectivity index (χ0v) is 12.2. The van der Waals surface area contributed by atoms with Gasteiger partial charge in [0.15, 0.2) is 0 Å². The van der Waals surface area contributed by atoms with Crippen LogP contribution in [0.2, 0.25) is 5.02 Å². The van der Waals surface area contributed by atoms with Crippen molar-refractivity contribution in [1.82, 2.24) is 14.5 Å². The molecular weight excluding hydrogens is 280 g/mol. The minimum absolute atomic E-state index is 0.0172. The summed E-state index contributed by atoms with van der Waals surface area (Å²) in [6.45, 7) is 4.04. The highest BCUT2D eigenvalue weighted by molar-refractivity contribution is 7.09. The van der Waals surface area contributed by atoms with E-state index in [0.717, 1.165) is 21.7 Å². The Balaban J connectivity index is 2.22. The number of nitrogens with two attached hydrogens (primary N) is 1. The van der Waals surface area contributed by atoms with Crippen LogP contribution in [-0.4, -0.2) is 14.5 Å². The summed E-state index contributed by atoms with van der Waals surface area (Å²) in [5.74, 6) is 0.462. The van der Waals surface area contributed by atoms with Crippen LogP contribution in [0, 0.1) is 6.92 Å². The summed E-state index contributed by atoms with van der Waals surface area (Å²) in [5, 5.41) is 3.69. The van der Waals surface area contributed by atoms with Gasteiger partial charge in [0, 0.05) is 11.1 Å². The fourth-order valence-electron chi connectivity index (χ4n) is 2.19. The van der Waals surface area contributed by atoms with Crippen molar-refractivity contribution < 1.29 is 0 Å². The molecule has 0 spiro atoms. The Morgan fingerprint density at radius 2 is 2.16 bits per heavy atom. The van der Waals surface area contributed by atoms with E-state index in [2.05, 4.69) is 16.9 Å². The number of benzene rings is 1. The highest BCUT2D eigenvalue weighted by atomic mass is 35.5. The van der Waals surface area contributed by atoms with Gasteiger partial charge in [0.1, 0.15) is 5.01 Å². The molecule has 1 atom stereocenters. The third-order valence-corrected chi connectivity index (χ3v) is 4.51. The molecule has 0 amide bonds. The lowest BCUT2D eigenvalue weighted by Gasteiger charge is -2.14. The van der Waals surface area contributed by atoms with Crippen molar-refractivity contribution in [3.05, 3.63) is 39.3 Å². The molecule has 6 heteroatoms. The number of fused-ring (bicyclic) bond motifs is 1. The smallest absolute Gasteiger partial charge is 0.201 e. The Kier molecular flexibility index (Phi) is 2.95. The minimum Gasteiger partial charge on any atom is -0.369 e. The van der Waals surface area contributed by atoms with Gasteiger partial charge in [-0.2, -0.15) is 0 Å². The van der Waals surface area contributed by atoms with Gasteiger partial charge in [0.25, 0.3) is 0 Å². The molecule has 2 aromatic heterocycles. The lowest BCUT2D eigenvalue weighted by atomic mass is 10.3. The van der Waals surface area contributed by atoms with Crippen molar-refractivity contribution in [2.75, 3.05) is 5.73 Å². The van der Waals surface area contributed by atoms with E-state index in [0.29, 0.717) is 11.0 Å². The average Bonchev–Trinajstić information content (AvgIpc) is 2.92. The van der Waals surface area contributed by atoms with Gasteiger partial charge in [-0.15, -0.1) is 11.3 Å². The second kappa shape index (κ2) is 4.51. The third kappa shape index (κ3) is 1.99. The molecule has 1 aromatic carbocycles. The number of aromatic nitrogens is 3. The first-order chi connectivity index (χ1) is 9.08. The highest BCUT2D eigenvalue weighted by Crippen LogP contribution is 2.32. The molecule has 1 unspecified atom stereocenters. The molecule has 2 heterocycles. The van der Waals surface area contributed by atoms with Gasteiger partial charge < -0.3 is 5.73 Å². The molecule has 0 aliphatic heterocycles. The number of rotatable bonds is 2. The van der Waals surface area contributed by atoms with Gasteiger partial charge in [0.05, 0.1) is 22.1 Å². The monoisotopic (exact) mass is 292 g/mol. The van der Waals surface area contributed by atoms with E-state index < -0.39 is 0 Å². The Morgan fingerprint density at radius 1 is 1.37 bits per heavy atom. The molecule has 4 nitrogen and oxygen atoms in total. The standard InChI is InChI=1S/C13H13ClN4S/c1-7-6-19-12(16-7)8(2)18-11-9(14)4-3-5-10(11)17-13(18)15/h3-6,8H,1-2H3,(H2,15,17). The molecule has 3 aromatic rings. The van der Waals surface area contributed by atoms with Crippen molar-refractivity contribution in [2.45, 2.75) is 19.9 Å². The van der Waals surface area contributed by atoms with E-state index in [4.69, 9.17) is 17.3 Å². The van der Waals surface area contributed by atoms with Crippen LogP contribution >= 0.6 is 22.9 Å². The highest BCUT2D eigenvalue weighted by Gasteiger charge is 2.19. The van der Waals surface area contributed by atoms with Crippen LogP contribution in [-0.2, 0) is 0 Å². The predicted octanol–water partition coefficient (Wildman–Crippen LogP) is 3.65. The molecule has 0 bridgehead atoms. The fourth-order valence-corrected chi connectivity index (χ4v) is 3.29. The van der Waals surface area contributed by atoms with Crippen molar-refractivity contribution >= 4 is 39.9 Å². The van der Waals surface area contributed by atoms with Crippen molar-refractivity contribution in [3.63, 3.8) is 0 Å². The van der Waals surface area contributed by atoms with Crippen LogP contribution in [0.3, 0.4) is 0 Å². The van der Waals surface area contributed by atoms with E-state index in [9.17, 15) is 0 Å². The van der Waals surface area contributed by atoms with Crippen molar-refractivity contribution in [1.29, 1.82) is 0 Å². The molecular formula is C13H13ClN4S. The molecule has 0 aliphatic carbocycles. The molecule has 3 rings (SSSR count). The first kappa shape index (κ1) is 12.4. The number of thiazole rings is 1. The third-order valence-electron chi connectivity index (χ3n) is 3.07. The predicted molar refractivity (Wildman–Crippen MR) is 79.8 cm³/mol. The van der Waals surface area contributed by atoms with Crippen molar-refractivity contribution in [3.8, 4) is 0 Å².